The highest BCUT2D eigenvalue weighted by Gasteiger charge is 2.22. The maximum atomic E-state index is 11.7. The summed E-state index contributed by atoms with van der Waals surface area (Å²) in [7, 11) is 1.73. The molecular weight excluding hydrogens is 215 g/mol. The van der Waals surface area contributed by atoms with E-state index >= 15 is 0 Å². The van der Waals surface area contributed by atoms with E-state index in [0.717, 1.165) is 5.56 Å². The van der Waals surface area contributed by atoms with Crippen LogP contribution in [0.5, 0.6) is 0 Å². The van der Waals surface area contributed by atoms with E-state index in [-0.39, 0.29) is 6.54 Å². The third-order valence-corrected chi connectivity index (χ3v) is 1.87. The van der Waals surface area contributed by atoms with Gasteiger partial charge in [0.2, 0.25) is 0 Å². The molecule has 0 radical (unpaired) electrons. The minimum absolute atomic E-state index is 0.106. The monoisotopic (exact) mass is 227 g/mol. The Morgan fingerprint density at radius 1 is 1.19 bits per heavy atom. The molecule has 0 unspecified atom stereocenters. The van der Waals surface area contributed by atoms with E-state index in [1.807, 2.05) is 30.3 Å². The average molecular weight is 227 g/mol. The number of benzene rings is 1. The molecule has 4 heteroatoms. The molecule has 86 valence electrons. The van der Waals surface area contributed by atoms with E-state index in [1.165, 1.54) is 5.92 Å². The largest absolute Gasteiger partial charge is 0.457 e. The van der Waals surface area contributed by atoms with Gasteiger partial charge in [0.25, 0.3) is 0 Å². The highest BCUT2D eigenvalue weighted by Crippen LogP contribution is 2.11. The van der Waals surface area contributed by atoms with Crippen molar-refractivity contribution in [2.75, 3.05) is 13.6 Å². The number of rotatable bonds is 3. The Balaban J connectivity index is 2.42. The van der Waals surface area contributed by atoms with Crippen molar-refractivity contribution in [1.82, 2.24) is 4.90 Å². The van der Waals surface area contributed by atoms with Gasteiger partial charge in [0.15, 0.2) is 0 Å². The van der Waals surface area contributed by atoms with Gasteiger partial charge in [-0.3, -0.25) is 4.90 Å². The second-order valence-electron chi connectivity index (χ2n) is 3.46. The van der Waals surface area contributed by atoms with Crippen molar-refractivity contribution in [1.29, 1.82) is 0 Å². The quantitative estimate of drug-likeness (QED) is 0.717. The number of hydrogen-bond donors (Lipinski definition) is 0. The van der Waals surface area contributed by atoms with Crippen molar-refractivity contribution in [2.45, 2.75) is 12.7 Å². The first-order chi connectivity index (χ1) is 7.47. The Hall–Kier alpha value is -1.47. The Labute approximate surface area is 92.9 Å². The third kappa shape index (κ3) is 5.42. The van der Waals surface area contributed by atoms with Gasteiger partial charge in [0, 0.05) is 12.5 Å². The lowest BCUT2D eigenvalue weighted by Gasteiger charge is -2.12. The molecule has 0 bridgehead atoms. The van der Waals surface area contributed by atoms with E-state index < -0.39 is 6.18 Å². The van der Waals surface area contributed by atoms with E-state index in [4.69, 9.17) is 0 Å². The van der Waals surface area contributed by atoms with Crippen molar-refractivity contribution >= 4 is 0 Å². The van der Waals surface area contributed by atoms with Gasteiger partial charge >= 0.3 is 6.18 Å². The lowest BCUT2D eigenvalue weighted by Crippen LogP contribution is -2.18. The fourth-order valence-electron chi connectivity index (χ4n) is 1.23. The van der Waals surface area contributed by atoms with Crippen LogP contribution < -0.4 is 0 Å². The molecule has 1 nitrogen and oxygen atoms in total. The van der Waals surface area contributed by atoms with Gasteiger partial charge in [-0.1, -0.05) is 36.3 Å². The smallest absolute Gasteiger partial charge is 0.291 e. The molecular formula is C12H12F3N. The van der Waals surface area contributed by atoms with Crippen molar-refractivity contribution in [3.63, 3.8) is 0 Å². The van der Waals surface area contributed by atoms with E-state index in [0.29, 0.717) is 6.54 Å². The molecule has 0 aliphatic carbocycles. The summed E-state index contributed by atoms with van der Waals surface area (Å²) in [6.07, 6.45) is -4.40. The Bertz CT molecular complexity index is 373. The van der Waals surface area contributed by atoms with Gasteiger partial charge < -0.3 is 0 Å². The number of nitrogens with zero attached hydrogens (tertiary/aromatic N) is 1. The van der Waals surface area contributed by atoms with Gasteiger partial charge in [-0.2, -0.15) is 13.2 Å². The summed E-state index contributed by atoms with van der Waals surface area (Å²) in [5.74, 6) is 3.34. The highest BCUT2D eigenvalue weighted by atomic mass is 19.4. The topological polar surface area (TPSA) is 3.24 Å². The molecule has 0 saturated heterocycles. The van der Waals surface area contributed by atoms with Crippen LogP contribution >= 0.6 is 0 Å². The maximum Gasteiger partial charge on any atom is 0.457 e. The molecule has 1 aromatic carbocycles. The maximum absolute atomic E-state index is 11.7. The van der Waals surface area contributed by atoms with E-state index in [2.05, 4.69) is 5.92 Å². The lowest BCUT2D eigenvalue weighted by molar-refractivity contribution is -0.0697. The lowest BCUT2D eigenvalue weighted by atomic mass is 10.2. The molecule has 0 aliphatic rings. The van der Waals surface area contributed by atoms with Gasteiger partial charge in [0.1, 0.15) is 0 Å². The first-order valence-electron chi connectivity index (χ1n) is 4.76. The summed E-state index contributed by atoms with van der Waals surface area (Å²) in [6, 6.07) is 9.53. The summed E-state index contributed by atoms with van der Waals surface area (Å²) >= 11 is 0. The Morgan fingerprint density at radius 3 is 2.38 bits per heavy atom. The van der Waals surface area contributed by atoms with Crippen LogP contribution in [0.15, 0.2) is 30.3 Å². The van der Waals surface area contributed by atoms with Crippen molar-refractivity contribution in [3.8, 4) is 11.8 Å². The SMILES string of the molecule is CN(CC#CC(F)(F)F)Cc1ccccc1. The summed E-state index contributed by atoms with van der Waals surface area (Å²) < 4.78 is 35.2. The number of halogens is 3. The van der Waals surface area contributed by atoms with Crippen LogP contribution in [-0.4, -0.2) is 24.7 Å². The fraction of sp³-hybridized carbons (Fsp3) is 0.333. The predicted octanol–water partition coefficient (Wildman–Crippen LogP) is 2.68. The van der Waals surface area contributed by atoms with Crippen LogP contribution in [0.3, 0.4) is 0 Å². The first kappa shape index (κ1) is 12.6. The van der Waals surface area contributed by atoms with Crippen LogP contribution in [0, 0.1) is 11.8 Å². The zero-order valence-electron chi connectivity index (χ0n) is 8.88. The zero-order chi connectivity index (χ0) is 12.0. The van der Waals surface area contributed by atoms with Crippen LogP contribution in [0.1, 0.15) is 5.56 Å². The van der Waals surface area contributed by atoms with Crippen LogP contribution in [0.25, 0.3) is 0 Å². The molecule has 0 spiro atoms. The molecule has 0 aromatic heterocycles. The van der Waals surface area contributed by atoms with Crippen molar-refractivity contribution in [2.24, 2.45) is 0 Å². The molecule has 0 saturated carbocycles. The van der Waals surface area contributed by atoms with Crippen LogP contribution in [-0.2, 0) is 6.54 Å². The number of alkyl halides is 3. The molecule has 1 rings (SSSR count). The Kier molecular flexibility index (Phi) is 4.39. The summed E-state index contributed by atoms with van der Waals surface area (Å²) in [5.41, 5.74) is 1.05. The standard InChI is InChI=1S/C12H12F3N/c1-16(9-5-8-12(13,14)15)10-11-6-3-2-4-7-11/h2-4,6-7H,9-10H2,1H3. The summed E-state index contributed by atoms with van der Waals surface area (Å²) in [5, 5.41) is 0. The first-order valence-corrected chi connectivity index (χ1v) is 4.76. The average Bonchev–Trinajstić information content (AvgIpc) is 2.17. The second-order valence-corrected chi connectivity index (χ2v) is 3.46. The Morgan fingerprint density at radius 2 is 1.81 bits per heavy atom. The van der Waals surface area contributed by atoms with Gasteiger partial charge in [-0.15, -0.1) is 0 Å². The summed E-state index contributed by atoms with van der Waals surface area (Å²) in [6.45, 7) is 0.696. The highest BCUT2D eigenvalue weighted by molar-refractivity contribution is 5.15. The molecule has 0 atom stereocenters. The fourth-order valence-corrected chi connectivity index (χ4v) is 1.23. The van der Waals surface area contributed by atoms with Gasteiger partial charge in [0.05, 0.1) is 6.54 Å². The summed E-state index contributed by atoms with van der Waals surface area (Å²) in [4.78, 5) is 1.73. The molecule has 16 heavy (non-hydrogen) atoms. The van der Waals surface area contributed by atoms with E-state index in [9.17, 15) is 13.2 Å². The number of hydrogen-bond acceptors (Lipinski definition) is 1. The third-order valence-electron chi connectivity index (χ3n) is 1.87. The molecule has 0 heterocycles. The van der Waals surface area contributed by atoms with Crippen LogP contribution in [0.2, 0.25) is 0 Å². The zero-order valence-corrected chi connectivity index (χ0v) is 8.88. The van der Waals surface area contributed by atoms with Crippen LogP contribution in [0.4, 0.5) is 13.2 Å². The minimum Gasteiger partial charge on any atom is -0.291 e. The predicted molar refractivity (Wildman–Crippen MR) is 56.6 cm³/mol. The molecule has 0 fully saturated rings. The molecule has 0 aliphatic heterocycles. The minimum atomic E-state index is -4.40. The molecule has 1 aromatic rings. The second kappa shape index (κ2) is 5.57. The van der Waals surface area contributed by atoms with Gasteiger partial charge in [-0.25, -0.2) is 0 Å². The molecule has 0 amide bonds. The van der Waals surface area contributed by atoms with E-state index in [1.54, 1.807) is 11.9 Å². The normalized spacial score (nSPS) is 11.1. The van der Waals surface area contributed by atoms with Crippen molar-refractivity contribution in [3.05, 3.63) is 35.9 Å². The van der Waals surface area contributed by atoms with Crippen molar-refractivity contribution < 1.29 is 13.2 Å². The van der Waals surface area contributed by atoms with Gasteiger partial charge in [-0.05, 0) is 12.6 Å². The molecule has 0 N–H and O–H groups in total.